The summed E-state index contributed by atoms with van der Waals surface area (Å²) in [6.45, 7) is 0. The Morgan fingerprint density at radius 3 is 1.04 bits per heavy atom. The van der Waals surface area contributed by atoms with Crippen molar-refractivity contribution < 1.29 is 39.5 Å². The minimum Gasteiger partial charge on any atom is -0.310 e. The van der Waals surface area contributed by atoms with Gasteiger partial charge < -0.3 is 18.9 Å². The molecule has 0 atom stereocenters. The maximum atomic E-state index is 15.9. The summed E-state index contributed by atoms with van der Waals surface area (Å²) in [4.78, 5) is 3.43. The molecule has 0 saturated carbocycles. The van der Waals surface area contributed by atoms with Gasteiger partial charge in [0.25, 0.3) is 0 Å². The number of hydrogen-bond acceptors (Lipinski definition) is 2. The number of para-hydroxylation sites is 4. The van der Waals surface area contributed by atoms with Crippen LogP contribution in [0.3, 0.4) is 0 Å². The third kappa shape index (κ3) is 12.9. The SMILES string of the molecule is Fc1c(F)c(F)c(-c2ccc(N(c3ccc4cc(-c5ccc6c(c5)c5ccccc5n6-c5ccccc5)ccc4c3)c3ccc4c(ccc5ccccc54)c3)cc2)c(F)c1F.Fc1cc(N(c2ccc(-c3ccc4c(c3)c3ccccc3n4-c3ccccc3)cc2)c2ccc(-c3c4ccccc4c(-c4ccccc4)c4ccccc34)cc2)c(F)c(F)c1F. The summed E-state index contributed by atoms with van der Waals surface area (Å²) in [6, 6.07) is 130. The molecule has 2 heterocycles. The maximum Gasteiger partial charge on any atom is 0.200 e. The van der Waals surface area contributed by atoms with Crippen LogP contribution in [0.25, 0.3) is 164 Å². The number of hydrogen-bond donors (Lipinski definition) is 0. The van der Waals surface area contributed by atoms with Crippen LogP contribution in [-0.4, -0.2) is 9.13 Å². The molecule has 0 amide bonds. The highest BCUT2D eigenvalue weighted by Gasteiger charge is 2.30. The van der Waals surface area contributed by atoms with Crippen molar-refractivity contribution in [3.8, 4) is 67.0 Å². The molecule has 0 radical (unpaired) electrons. The van der Waals surface area contributed by atoms with Crippen LogP contribution < -0.4 is 9.80 Å². The molecule has 2 aromatic heterocycles. The van der Waals surface area contributed by atoms with E-state index in [1.165, 1.54) is 22.4 Å². The van der Waals surface area contributed by atoms with Gasteiger partial charge in [-0.05, 0) is 231 Å². The first kappa shape index (κ1) is 74.8. The fraction of sp³-hybridized carbons (Fsp3) is 0. The summed E-state index contributed by atoms with van der Waals surface area (Å²) < 4.78 is 137. The van der Waals surface area contributed by atoms with E-state index in [2.05, 4.69) is 221 Å². The first-order valence-electron chi connectivity index (χ1n) is 40.1. The van der Waals surface area contributed by atoms with Gasteiger partial charge in [-0.15, -0.1) is 0 Å². The Bertz CT molecular complexity index is 7890. The smallest absolute Gasteiger partial charge is 0.200 e. The van der Waals surface area contributed by atoms with Crippen molar-refractivity contribution in [2.75, 3.05) is 9.80 Å². The van der Waals surface area contributed by atoms with Crippen LogP contribution in [-0.2, 0) is 0 Å². The van der Waals surface area contributed by atoms with Gasteiger partial charge in [-0.1, -0.05) is 261 Å². The fourth-order valence-electron chi connectivity index (χ4n) is 17.9. The predicted octanol–water partition coefficient (Wildman–Crippen LogP) is 31.9. The Kier molecular flexibility index (Phi) is 18.6. The van der Waals surface area contributed by atoms with Gasteiger partial charge in [0.15, 0.2) is 46.5 Å². The number of halogens is 9. The molecule has 123 heavy (non-hydrogen) atoms. The zero-order chi connectivity index (χ0) is 83.3. The van der Waals surface area contributed by atoms with E-state index in [-0.39, 0.29) is 5.56 Å². The molecular formula is C110H65F9N4. The van der Waals surface area contributed by atoms with Crippen LogP contribution in [0.15, 0.2) is 394 Å². The van der Waals surface area contributed by atoms with E-state index in [0.29, 0.717) is 23.1 Å². The summed E-state index contributed by atoms with van der Waals surface area (Å²) in [5.74, 6) is -16.6. The van der Waals surface area contributed by atoms with E-state index < -0.39 is 63.6 Å². The van der Waals surface area contributed by atoms with Crippen LogP contribution >= 0.6 is 0 Å². The highest BCUT2D eigenvalue weighted by molar-refractivity contribution is 6.22. The van der Waals surface area contributed by atoms with Gasteiger partial charge in [-0.3, -0.25) is 0 Å². The lowest BCUT2D eigenvalue weighted by molar-refractivity contribution is 0.381. The van der Waals surface area contributed by atoms with Gasteiger partial charge in [0.1, 0.15) is 0 Å². The lowest BCUT2D eigenvalue weighted by atomic mass is 9.86. The number of anilines is 6. The molecule has 13 heteroatoms. The van der Waals surface area contributed by atoms with Crippen LogP contribution in [0.2, 0.25) is 0 Å². The van der Waals surface area contributed by atoms with Gasteiger partial charge in [-0.2, -0.15) is 0 Å². The van der Waals surface area contributed by atoms with Crippen molar-refractivity contribution in [2.24, 2.45) is 0 Å². The minimum absolute atomic E-state index is 0.143. The number of fused-ring (bicyclic) bond motifs is 12. The van der Waals surface area contributed by atoms with Crippen molar-refractivity contribution in [2.45, 2.75) is 0 Å². The molecule has 0 aliphatic carbocycles. The highest BCUT2D eigenvalue weighted by atomic mass is 19.2. The molecule has 0 spiro atoms. The average molecular weight is 1610 g/mol. The van der Waals surface area contributed by atoms with E-state index in [4.69, 9.17) is 0 Å². The Balaban J connectivity index is 0.000000151. The third-order valence-corrected chi connectivity index (χ3v) is 23.6. The summed E-state index contributed by atoms with van der Waals surface area (Å²) in [5, 5.41) is 15.2. The lowest BCUT2D eigenvalue weighted by Gasteiger charge is -2.27. The lowest BCUT2D eigenvalue weighted by Crippen LogP contribution is -2.14. The zero-order valence-electron chi connectivity index (χ0n) is 65.2. The molecule has 0 bridgehead atoms. The van der Waals surface area contributed by atoms with Crippen molar-refractivity contribution in [3.63, 3.8) is 0 Å². The highest BCUT2D eigenvalue weighted by Crippen LogP contribution is 2.48. The predicted molar refractivity (Wildman–Crippen MR) is 485 cm³/mol. The molecule has 20 aromatic carbocycles. The van der Waals surface area contributed by atoms with E-state index >= 15 is 4.39 Å². The number of benzene rings is 20. The van der Waals surface area contributed by atoms with E-state index in [1.807, 2.05) is 132 Å². The van der Waals surface area contributed by atoms with Crippen molar-refractivity contribution in [1.82, 2.24) is 9.13 Å². The maximum absolute atomic E-state index is 15.9. The molecule has 0 N–H and O–H groups in total. The van der Waals surface area contributed by atoms with Gasteiger partial charge >= 0.3 is 0 Å². The second kappa shape index (κ2) is 30.6. The number of aromatic nitrogens is 2. The largest absolute Gasteiger partial charge is 0.310 e. The molecular weight excluding hydrogens is 1550 g/mol. The quantitative estimate of drug-likeness (QED) is 0.0376. The van der Waals surface area contributed by atoms with Gasteiger partial charge in [-0.25, -0.2) is 39.5 Å². The minimum atomic E-state index is -2.19. The normalized spacial score (nSPS) is 11.6. The second-order valence-electron chi connectivity index (χ2n) is 30.6. The van der Waals surface area contributed by atoms with E-state index in [1.54, 1.807) is 36.4 Å². The summed E-state index contributed by atoms with van der Waals surface area (Å²) in [6.07, 6.45) is 0. The van der Waals surface area contributed by atoms with Crippen LogP contribution in [0.4, 0.5) is 73.6 Å². The molecule has 4 nitrogen and oxygen atoms in total. The van der Waals surface area contributed by atoms with Crippen LogP contribution in [0.1, 0.15) is 0 Å². The summed E-state index contributed by atoms with van der Waals surface area (Å²) in [7, 11) is 0. The van der Waals surface area contributed by atoms with Crippen molar-refractivity contribution in [1.29, 1.82) is 0 Å². The van der Waals surface area contributed by atoms with Gasteiger partial charge in [0, 0.05) is 67.4 Å². The fourth-order valence-corrected chi connectivity index (χ4v) is 17.9. The Morgan fingerprint density at radius 2 is 0.504 bits per heavy atom. The average Bonchev–Trinajstić information content (AvgIpc) is 1.05. The van der Waals surface area contributed by atoms with Crippen LogP contribution in [0.5, 0.6) is 0 Å². The second-order valence-corrected chi connectivity index (χ2v) is 30.6. The first-order valence-corrected chi connectivity index (χ1v) is 40.1. The molecule has 0 aliphatic rings. The van der Waals surface area contributed by atoms with Gasteiger partial charge in [0.2, 0.25) is 5.82 Å². The van der Waals surface area contributed by atoms with Crippen molar-refractivity contribution >= 4 is 132 Å². The third-order valence-electron chi connectivity index (χ3n) is 23.6. The standard InChI is InChI=1S/C56H34F4N2.C54H31F5N2/c57-48-34-51(55(59)56(60)54(48)58)61(40-28-23-35(24-29-40)38-27-32-50-47(33-38)42-17-11-12-22-49(42)62(50)39-15-5-2-6-16-39)41-30-25-37(26-31-41)53-45-20-9-7-18-43(45)52(36-13-3-1-4-14-36)44-19-8-10-21-46(44)53;55-50-49(51(56)53(58)54(59)52(50)57)33-18-22-40(23-19-33)60(42-25-26-44-38(30-42)17-14-32-8-4-5-11-43(32)44)41-24-20-35-28-34(15-16-36(35)29-41)37-21-27-48-46(31-37)45-12-6-7-13-47(45)61(48)39-9-2-1-3-10-39/h1-34H;1-31H. The first-order chi connectivity index (χ1) is 60.3. The molecule has 22 rings (SSSR count). The number of rotatable bonds is 13. The Labute approximate surface area is 699 Å². The number of nitrogens with zero attached hydrogens (tertiary/aromatic N) is 4. The monoisotopic (exact) mass is 1610 g/mol. The molecule has 0 saturated heterocycles. The molecule has 588 valence electrons. The summed E-state index contributed by atoms with van der Waals surface area (Å²) >= 11 is 0. The Morgan fingerprint density at radius 1 is 0.171 bits per heavy atom. The molecule has 0 unspecified atom stereocenters. The molecule has 0 aliphatic heterocycles. The summed E-state index contributed by atoms with van der Waals surface area (Å²) in [5.41, 5.74) is 16.3. The molecule has 22 aromatic rings. The van der Waals surface area contributed by atoms with Crippen LogP contribution in [0, 0.1) is 52.4 Å². The Hall–Kier alpha value is -15.7. The molecule has 0 fully saturated rings. The van der Waals surface area contributed by atoms with E-state index in [9.17, 15) is 35.1 Å². The topological polar surface area (TPSA) is 16.3 Å². The van der Waals surface area contributed by atoms with E-state index in [0.717, 1.165) is 159 Å². The van der Waals surface area contributed by atoms with Gasteiger partial charge in [0.05, 0.1) is 33.3 Å². The zero-order valence-corrected chi connectivity index (χ0v) is 65.2. The van der Waals surface area contributed by atoms with Crippen molar-refractivity contribution in [3.05, 3.63) is 447 Å².